The molecule has 1 fully saturated rings. The number of carbonyl (C=O) groups is 1. The summed E-state index contributed by atoms with van der Waals surface area (Å²) in [6.45, 7) is 2.79. The molecule has 0 atom stereocenters. The predicted octanol–water partition coefficient (Wildman–Crippen LogP) is 1.69. The third-order valence-corrected chi connectivity index (χ3v) is 3.43. The molecule has 2 rings (SSSR count). The van der Waals surface area contributed by atoms with Crippen LogP contribution in [0.2, 0.25) is 0 Å². The zero-order chi connectivity index (χ0) is 13.7. The number of amides is 1. The normalized spacial score (nSPS) is 14.8. The molecule has 0 bridgehead atoms. The number of halogens is 2. The Hall–Kier alpha value is -1.14. The van der Waals surface area contributed by atoms with Gasteiger partial charge in [-0.05, 0) is 18.2 Å². The van der Waals surface area contributed by atoms with Crippen molar-refractivity contribution >= 4 is 21.8 Å². The Kier molecular flexibility index (Phi) is 5.15. The monoisotopic (exact) mass is 330 g/mol. The van der Waals surface area contributed by atoms with Crippen molar-refractivity contribution in [2.75, 3.05) is 26.2 Å². The molecule has 1 saturated heterocycles. The predicted molar refractivity (Wildman–Crippen MR) is 73.6 cm³/mol. The van der Waals surface area contributed by atoms with Gasteiger partial charge in [0, 0.05) is 30.0 Å². The Balaban J connectivity index is 1.66. The number of nitrogens with one attached hydrogen (secondary N) is 2. The number of hydrogen-bond donors (Lipinski definition) is 2. The molecule has 104 valence electrons. The van der Waals surface area contributed by atoms with Crippen molar-refractivity contribution in [1.82, 2.24) is 10.6 Å². The first-order chi connectivity index (χ1) is 9.15. The quantitative estimate of drug-likeness (QED) is 0.834. The molecular formula is C13H16BrFN2O2. The molecule has 1 aromatic rings. The maximum atomic E-state index is 13.4. The Morgan fingerprint density at radius 2 is 2.32 bits per heavy atom. The average molecular weight is 331 g/mol. The maximum Gasteiger partial charge on any atom is 0.223 e. The van der Waals surface area contributed by atoms with Gasteiger partial charge in [-0.25, -0.2) is 4.39 Å². The fraction of sp³-hybridized carbons (Fsp3) is 0.462. The van der Waals surface area contributed by atoms with E-state index in [2.05, 4.69) is 26.6 Å². The lowest BCUT2D eigenvalue weighted by molar-refractivity contribution is -0.121. The molecular weight excluding hydrogens is 315 g/mol. The number of ether oxygens (including phenoxy) is 1. The second-order valence-electron chi connectivity index (χ2n) is 4.50. The summed E-state index contributed by atoms with van der Waals surface area (Å²) in [6.07, 6.45) is 0.232. The molecule has 1 amide bonds. The summed E-state index contributed by atoms with van der Waals surface area (Å²) in [5, 5.41) is 5.97. The highest BCUT2D eigenvalue weighted by Gasteiger charge is 2.17. The van der Waals surface area contributed by atoms with Gasteiger partial charge in [0.15, 0.2) is 11.6 Å². The minimum Gasteiger partial charge on any atom is -0.490 e. The fourth-order valence-corrected chi connectivity index (χ4v) is 2.02. The van der Waals surface area contributed by atoms with Crippen molar-refractivity contribution in [3.8, 4) is 5.75 Å². The van der Waals surface area contributed by atoms with Crippen LogP contribution < -0.4 is 15.4 Å². The van der Waals surface area contributed by atoms with E-state index in [1.165, 1.54) is 12.1 Å². The summed E-state index contributed by atoms with van der Waals surface area (Å²) >= 11 is 3.17. The standard InChI is InChI=1S/C13H16BrFN2O2/c14-10-1-2-12(11(15)5-10)19-4-3-13(18)17-8-9-6-16-7-9/h1-2,5,9,16H,3-4,6-8H2,(H,17,18). The number of benzene rings is 1. The largest absolute Gasteiger partial charge is 0.490 e. The van der Waals surface area contributed by atoms with Gasteiger partial charge in [0.05, 0.1) is 13.0 Å². The number of hydrogen-bond acceptors (Lipinski definition) is 3. The van der Waals surface area contributed by atoms with E-state index in [1.54, 1.807) is 6.07 Å². The zero-order valence-corrected chi connectivity index (χ0v) is 12.0. The van der Waals surface area contributed by atoms with Crippen molar-refractivity contribution in [1.29, 1.82) is 0 Å². The second kappa shape index (κ2) is 6.86. The lowest BCUT2D eigenvalue weighted by atomic mass is 10.0. The van der Waals surface area contributed by atoms with E-state index in [0.717, 1.165) is 13.1 Å². The molecule has 1 aliphatic heterocycles. The molecule has 1 aliphatic rings. The highest BCUT2D eigenvalue weighted by molar-refractivity contribution is 9.10. The second-order valence-corrected chi connectivity index (χ2v) is 5.42. The van der Waals surface area contributed by atoms with Crippen LogP contribution in [0.4, 0.5) is 4.39 Å². The van der Waals surface area contributed by atoms with Crippen molar-refractivity contribution < 1.29 is 13.9 Å². The topological polar surface area (TPSA) is 50.4 Å². The van der Waals surface area contributed by atoms with Gasteiger partial charge in [0.1, 0.15) is 0 Å². The minimum absolute atomic E-state index is 0.0654. The van der Waals surface area contributed by atoms with E-state index in [-0.39, 0.29) is 24.7 Å². The van der Waals surface area contributed by atoms with Gasteiger partial charge in [-0.3, -0.25) is 4.79 Å². The molecule has 0 aromatic heterocycles. The van der Waals surface area contributed by atoms with E-state index >= 15 is 0 Å². The fourth-order valence-electron chi connectivity index (χ4n) is 1.69. The van der Waals surface area contributed by atoms with Gasteiger partial charge in [-0.2, -0.15) is 0 Å². The van der Waals surface area contributed by atoms with Crippen molar-refractivity contribution in [3.63, 3.8) is 0 Å². The van der Waals surface area contributed by atoms with Crippen LogP contribution in [0.25, 0.3) is 0 Å². The SMILES string of the molecule is O=C(CCOc1ccc(Br)cc1F)NCC1CNC1. The average Bonchev–Trinajstić information content (AvgIpc) is 2.30. The summed E-state index contributed by atoms with van der Waals surface area (Å²) in [5.41, 5.74) is 0. The van der Waals surface area contributed by atoms with Crippen LogP contribution >= 0.6 is 15.9 Å². The molecule has 4 nitrogen and oxygen atoms in total. The molecule has 1 aromatic carbocycles. The summed E-state index contributed by atoms with van der Waals surface area (Å²) in [5.74, 6) is 0.202. The van der Waals surface area contributed by atoms with Crippen LogP contribution in [-0.4, -0.2) is 32.1 Å². The van der Waals surface area contributed by atoms with Gasteiger partial charge in [-0.1, -0.05) is 15.9 Å². The van der Waals surface area contributed by atoms with E-state index in [9.17, 15) is 9.18 Å². The lowest BCUT2D eigenvalue weighted by Gasteiger charge is -2.27. The van der Waals surface area contributed by atoms with Crippen LogP contribution in [0.1, 0.15) is 6.42 Å². The Labute approximate surface area is 119 Å². The molecule has 0 saturated carbocycles. The molecule has 6 heteroatoms. The minimum atomic E-state index is -0.435. The Bertz CT molecular complexity index is 452. The molecule has 1 heterocycles. The first kappa shape index (κ1) is 14.3. The highest BCUT2D eigenvalue weighted by Crippen LogP contribution is 2.21. The summed E-state index contributed by atoms with van der Waals surface area (Å²) in [7, 11) is 0. The maximum absolute atomic E-state index is 13.4. The third kappa shape index (κ3) is 4.47. The van der Waals surface area contributed by atoms with Crippen molar-refractivity contribution in [3.05, 3.63) is 28.5 Å². The van der Waals surface area contributed by atoms with E-state index in [0.29, 0.717) is 16.9 Å². The van der Waals surface area contributed by atoms with Crippen molar-refractivity contribution in [2.24, 2.45) is 5.92 Å². The van der Waals surface area contributed by atoms with E-state index < -0.39 is 5.82 Å². The van der Waals surface area contributed by atoms with Crippen LogP contribution in [0.3, 0.4) is 0 Å². The first-order valence-corrected chi connectivity index (χ1v) is 6.99. The van der Waals surface area contributed by atoms with Gasteiger partial charge < -0.3 is 15.4 Å². The van der Waals surface area contributed by atoms with Gasteiger partial charge in [0.2, 0.25) is 5.91 Å². The zero-order valence-electron chi connectivity index (χ0n) is 10.4. The van der Waals surface area contributed by atoms with Crippen molar-refractivity contribution in [2.45, 2.75) is 6.42 Å². The third-order valence-electron chi connectivity index (χ3n) is 2.93. The number of rotatable bonds is 6. The summed E-state index contributed by atoms with van der Waals surface area (Å²) in [4.78, 5) is 11.5. The smallest absolute Gasteiger partial charge is 0.223 e. The summed E-state index contributed by atoms with van der Waals surface area (Å²) in [6, 6.07) is 4.57. The Morgan fingerprint density at radius 3 is 2.95 bits per heavy atom. The van der Waals surface area contributed by atoms with E-state index in [4.69, 9.17) is 4.74 Å². The Morgan fingerprint density at radius 1 is 1.53 bits per heavy atom. The molecule has 2 N–H and O–H groups in total. The first-order valence-electron chi connectivity index (χ1n) is 6.20. The van der Waals surface area contributed by atoms with Crippen LogP contribution in [0.15, 0.2) is 22.7 Å². The van der Waals surface area contributed by atoms with Crippen LogP contribution in [-0.2, 0) is 4.79 Å². The summed E-state index contributed by atoms with van der Waals surface area (Å²) < 4.78 is 19.3. The van der Waals surface area contributed by atoms with Gasteiger partial charge >= 0.3 is 0 Å². The molecule has 0 spiro atoms. The molecule has 0 aliphatic carbocycles. The van der Waals surface area contributed by atoms with Gasteiger partial charge in [0.25, 0.3) is 0 Å². The van der Waals surface area contributed by atoms with Gasteiger partial charge in [-0.15, -0.1) is 0 Å². The van der Waals surface area contributed by atoms with E-state index in [1.807, 2.05) is 0 Å². The highest BCUT2D eigenvalue weighted by atomic mass is 79.9. The van der Waals surface area contributed by atoms with Crippen LogP contribution in [0, 0.1) is 11.7 Å². The molecule has 19 heavy (non-hydrogen) atoms. The number of carbonyl (C=O) groups excluding carboxylic acids is 1. The molecule has 0 unspecified atom stereocenters. The lowest BCUT2D eigenvalue weighted by Crippen LogP contribution is -2.48. The molecule has 0 radical (unpaired) electrons. The van der Waals surface area contributed by atoms with Crippen LogP contribution in [0.5, 0.6) is 5.75 Å².